The van der Waals surface area contributed by atoms with E-state index in [1.54, 1.807) is 18.3 Å². The summed E-state index contributed by atoms with van der Waals surface area (Å²) in [6, 6.07) is 8.94. The summed E-state index contributed by atoms with van der Waals surface area (Å²) in [6.07, 6.45) is 1.68. The van der Waals surface area contributed by atoms with Crippen molar-refractivity contribution >= 4 is 40.9 Å². The quantitative estimate of drug-likeness (QED) is 0.677. The Morgan fingerprint density at radius 3 is 2.88 bits per heavy atom. The van der Waals surface area contributed by atoms with E-state index in [4.69, 9.17) is 26.0 Å². The van der Waals surface area contributed by atoms with Gasteiger partial charge in [-0.3, -0.25) is 9.78 Å². The molecule has 0 aliphatic rings. The molecule has 0 amide bonds. The van der Waals surface area contributed by atoms with Gasteiger partial charge in [0, 0.05) is 24.1 Å². The molecule has 6 nitrogen and oxygen atoms in total. The Morgan fingerprint density at radius 1 is 1.40 bits per heavy atom. The lowest BCUT2D eigenvalue weighted by molar-refractivity contribution is -0.136. The van der Waals surface area contributed by atoms with Gasteiger partial charge in [-0.25, -0.2) is 0 Å². The number of fused-ring (bicyclic) bond motifs is 1. The predicted octanol–water partition coefficient (Wildman–Crippen LogP) is 4.46. The Kier molecular flexibility index (Phi) is 6.22. The SMILES string of the molecule is CC(Oc1cc2onc(CCC(=O)O)c2cc1Cl)c1ccccn1.Cl. The minimum atomic E-state index is -0.888. The Balaban J connectivity index is 0.00000225. The molecule has 0 radical (unpaired) electrons. The number of carbonyl (C=O) groups is 1. The molecular weight excluding hydrogens is 367 g/mol. The molecule has 1 aromatic carbocycles. The van der Waals surface area contributed by atoms with Crippen molar-refractivity contribution in [2.24, 2.45) is 0 Å². The Bertz CT molecular complexity index is 868. The topological polar surface area (TPSA) is 85.5 Å². The van der Waals surface area contributed by atoms with Gasteiger partial charge in [-0.15, -0.1) is 12.4 Å². The molecule has 0 bridgehead atoms. The first-order valence-electron chi connectivity index (χ1n) is 7.42. The maximum Gasteiger partial charge on any atom is 0.303 e. The van der Waals surface area contributed by atoms with E-state index >= 15 is 0 Å². The summed E-state index contributed by atoms with van der Waals surface area (Å²) >= 11 is 6.30. The van der Waals surface area contributed by atoms with Crippen molar-refractivity contribution in [1.29, 1.82) is 0 Å². The Morgan fingerprint density at radius 2 is 2.20 bits per heavy atom. The van der Waals surface area contributed by atoms with Crippen molar-refractivity contribution in [3.63, 3.8) is 0 Å². The number of aromatic nitrogens is 2. The molecule has 0 fully saturated rings. The van der Waals surface area contributed by atoms with E-state index in [1.807, 2.05) is 25.1 Å². The molecule has 3 aromatic rings. The molecule has 0 saturated carbocycles. The molecule has 0 aliphatic heterocycles. The van der Waals surface area contributed by atoms with E-state index in [0.29, 0.717) is 27.4 Å². The van der Waals surface area contributed by atoms with Gasteiger partial charge in [0.1, 0.15) is 11.9 Å². The number of ether oxygens (including phenoxy) is 1. The van der Waals surface area contributed by atoms with Crippen molar-refractivity contribution in [3.05, 3.63) is 52.9 Å². The second-order valence-electron chi connectivity index (χ2n) is 5.32. The van der Waals surface area contributed by atoms with Crippen LogP contribution in [-0.4, -0.2) is 21.2 Å². The molecular formula is C17H16Cl2N2O4. The fourth-order valence-electron chi connectivity index (χ4n) is 2.35. The van der Waals surface area contributed by atoms with E-state index in [-0.39, 0.29) is 31.4 Å². The lowest BCUT2D eigenvalue weighted by atomic mass is 10.1. The fourth-order valence-corrected chi connectivity index (χ4v) is 2.56. The largest absolute Gasteiger partial charge is 0.483 e. The van der Waals surface area contributed by atoms with Crippen LogP contribution < -0.4 is 4.74 Å². The number of nitrogens with zero attached hydrogens (tertiary/aromatic N) is 2. The second kappa shape index (κ2) is 8.18. The van der Waals surface area contributed by atoms with Crippen LogP contribution in [0.1, 0.15) is 30.8 Å². The third kappa shape index (κ3) is 4.41. The van der Waals surface area contributed by atoms with Crippen molar-refractivity contribution in [1.82, 2.24) is 10.1 Å². The first-order chi connectivity index (χ1) is 11.5. The average Bonchev–Trinajstić information content (AvgIpc) is 2.96. The number of aliphatic carboxylic acids is 1. The molecule has 132 valence electrons. The smallest absolute Gasteiger partial charge is 0.303 e. The van der Waals surface area contributed by atoms with Crippen LogP contribution in [0.2, 0.25) is 5.02 Å². The average molecular weight is 383 g/mol. The summed E-state index contributed by atoms with van der Waals surface area (Å²) in [6.45, 7) is 1.88. The minimum absolute atomic E-state index is 0. The van der Waals surface area contributed by atoms with E-state index in [0.717, 1.165) is 5.69 Å². The van der Waals surface area contributed by atoms with Gasteiger partial charge >= 0.3 is 5.97 Å². The number of carboxylic acids is 1. The highest BCUT2D eigenvalue weighted by molar-refractivity contribution is 6.32. The third-order valence-corrected chi connectivity index (χ3v) is 3.88. The van der Waals surface area contributed by atoms with Crippen molar-refractivity contribution in [2.45, 2.75) is 25.9 Å². The number of hydrogen-bond donors (Lipinski definition) is 1. The van der Waals surface area contributed by atoms with Crippen LogP contribution in [0.15, 0.2) is 41.1 Å². The second-order valence-corrected chi connectivity index (χ2v) is 5.72. The van der Waals surface area contributed by atoms with Gasteiger partial charge in [-0.05, 0) is 25.1 Å². The lowest BCUT2D eigenvalue weighted by Gasteiger charge is -2.15. The predicted molar refractivity (Wildman–Crippen MR) is 95.5 cm³/mol. The zero-order chi connectivity index (χ0) is 17.1. The number of carboxylic acid groups (broad SMARTS) is 1. The molecule has 0 saturated heterocycles. The van der Waals surface area contributed by atoms with E-state index in [9.17, 15) is 4.79 Å². The number of rotatable bonds is 6. The zero-order valence-electron chi connectivity index (χ0n) is 13.3. The van der Waals surface area contributed by atoms with Gasteiger partial charge < -0.3 is 14.4 Å². The van der Waals surface area contributed by atoms with Gasteiger partial charge in [0.05, 0.1) is 22.8 Å². The Labute approximate surface area is 155 Å². The highest BCUT2D eigenvalue weighted by Gasteiger charge is 2.16. The highest BCUT2D eigenvalue weighted by atomic mass is 35.5. The molecule has 0 aliphatic carbocycles. The van der Waals surface area contributed by atoms with Crippen molar-refractivity contribution < 1.29 is 19.2 Å². The summed E-state index contributed by atoms with van der Waals surface area (Å²) in [4.78, 5) is 14.9. The van der Waals surface area contributed by atoms with Crippen LogP contribution in [0.4, 0.5) is 0 Å². The summed E-state index contributed by atoms with van der Waals surface area (Å²) in [5.74, 6) is -0.426. The van der Waals surface area contributed by atoms with Gasteiger partial charge in [0.15, 0.2) is 5.58 Å². The lowest BCUT2D eigenvalue weighted by Crippen LogP contribution is -2.05. The number of halogens is 2. The van der Waals surface area contributed by atoms with Crippen molar-refractivity contribution in [3.8, 4) is 5.75 Å². The van der Waals surface area contributed by atoms with Gasteiger partial charge in [0.25, 0.3) is 0 Å². The third-order valence-electron chi connectivity index (χ3n) is 3.58. The number of benzene rings is 1. The number of aryl methyl sites for hydroxylation is 1. The van der Waals surface area contributed by atoms with E-state index in [1.165, 1.54) is 0 Å². The van der Waals surface area contributed by atoms with Crippen LogP contribution in [-0.2, 0) is 11.2 Å². The number of pyridine rings is 1. The fraction of sp³-hybridized carbons (Fsp3) is 0.235. The zero-order valence-corrected chi connectivity index (χ0v) is 14.9. The molecule has 1 atom stereocenters. The van der Waals surface area contributed by atoms with Crippen LogP contribution in [0, 0.1) is 0 Å². The van der Waals surface area contributed by atoms with Gasteiger partial charge in [-0.2, -0.15) is 0 Å². The minimum Gasteiger partial charge on any atom is -0.483 e. The summed E-state index contributed by atoms with van der Waals surface area (Å²) in [5, 5.41) is 13.8. The monoisotopic (exact) mass is 382 g/mol. The molecule has 3 rings (SSSR count). The normalized spacial score (nSPS) is 11.8. The van der Waals surface area contributed by atoms with Crippen LogP contribution in [0.25, 0.3) is 11.0 Å². The van der Waals surface area contributed by atoms with Crippen LogP contribution >= 0.6 is 24.0 Å². The summed E-state index contributed by atoms with van der Waals surface area (Å²) in [7, 11) is 0. The maximum atomic E-state index is 10.7. The van der Waals surface area contributed by atoms with Gasteiger partial charge in [0.2, 0.25) is 0 Å². The number of hydrogen-bond acceptors (Lipinski definition) is 5. The van der Waals surface area contributed by atoms with Crippen LogP contribution in [0.3, 0.4) is 0 Å². The highest BCUT2D eigenvalue weighted by Crippen LogP contribution is 2.34. The van der Waals surface area contributed by atoms with Gasteiger partial charge in [-0.1, -0.05) is 22.8 Å². The summed E-state index contributed by atoms with van der Waals surface area (Å²) < 4.78 is 11.1. The molecule has 2 heterocycles. The molecule has 1 N–H and O–H groups in total. The maximum absolute atomic E-state index is 10.7. The van der Waals surface area contributed by atoms with Crippen LogP contribution in [0.5, 0.6) is 5.75 Å². The molecule has 8 heteroatoms. The first-order valence-corrected chi connectivity index (χ1v) is 7.79. The van der Waals surface area contributed by atoms with E-state index in [2.05, 4.69) is 10.1 Å². The van der Waals surface area contributed by atoms with E-state index < -0.39 is 5.97 Å². The standard InChI is InChI=1S/C17H15ClN2O4.ClH/c1-10(13-4-2-3-7-19-13)23-16-9-15-11(8-12(16)18)14(20-24-15)5-6-17(21)22;/h2-4,7-10H,5-6H2,1H3,(H,21,22);1H. The first kappa shape index (κ1) is 19.0. The summed E-state index contributed by atoms with van der Waals surface area (Å²) in [5.41, 5.74) is 1.86. The molecule has 2 aromatic heterocycles. The molecule has 25 heavy (non-hydrogen) atoms. The Hall–Kier alpha value is -2.31. The molecule has 1 unspecified atom stereocenters. The molecule has 0 spiro atoms. The van der Waals surface area contributed by atoms with Crippen molar-refractivity contribution in [2.75, 3.05) is 0 Å².